The van der Waals surface area contributed by atoms with Crippen molar-refractivity contribution >= 4 is 17.0 Å². The van der Waals surface area contributed by atoms with Gasteiger partial charge in [-0.2, -0.15) is 0 Å². The van der Waals surface area contributed by atoms with Crippen molar-refractivity contribution in [1.82, 2.24) is 19.9 Å². The minimum atomic E-state index is -0.964. The average Bonchev–Trinajstić information content (AvgIpc) is 3.42. The molecule has 3 N–H and O–H groups in total. The summed E-state index contributed by atoms with van der Waals surface area (Å²) in [6.45, 7) is 1.96. The Kier molecular flexibility index (Phi) is 4.17. The second-order valence-electron chi connectivity index (χ2n) is 7.11. The van der Waals surface area contributed by atoms with Crippen molar-refractivity contribution in [2.45, 2.75) is 6.92 Å². The number of nitrogens with one attached hydrogen (secondary N) is 2. The molecule has 5 aromatic rings. The van der Waals surface area contributed by atoms with Crippen molar-refractivity contribution in [3.05, 3.63) is 84.2 Å². The maximum Gasteiger partial charge on any atom is 0.335 e. The second-order valence-corrected chi connectivity index (χ2v) is 7.11. The number of carboxylic acid groups (broad SMARTS) is 1. The van der Waals surface area contributed by atoms with Gasteiger partial charge in [-0.1, -0.05) is 36.4 Å². The number of benzene rings is 2. The molecule has 3 heterocycles. The van der Waals surface area contributed by atoms with E-state index in [1.165, 1.54) is 0 Å². The fourth-order valence-corrected chi connectivity index (χ4v) is 3.68. The molecule has 0 saturated carbocycles. The van der Waals surface area contributed by atoms with Crippen LogP contribution in [0.3, 0.4) is 0 Å². The maximum absolute atomic E-state index is 11.6. The summed E-state index contributed by atoms with van der Waals surface area (Å²) in [7, 11) is 0. The molecule has 0 radical (unpaired) electrons. The summed E-state index contributed by atoms with van der Waals surface area (Å²) >= 11 is 0. The van der Waals surface area contributed by atoms with E-state index < -0.39 is 5.97 Å². The molecule has 6 nitrogen and oxygen atoms in total. The molecule has 0 spiro atoms. The lowest BCUT2D eigenvalue weighted by atomic mass is 9.98. The highest BCUT2D eigenvalue weighted by atomic mass is 16.4. The molecule has 0 saturated heterocycles. The minimum absolute atomic E-state index is 0.229. The van der Waals surface area contributed by atoms with Gasteiger partial charge in [0.2, 0.25) is 0 Å². The number of hydrogen-bond acceptors (Lipinski definition) is 3. The van der Waals surface area contributed by atoms with E-state index in [-0.39, 0.29) is 5.56 Å². The van der Waals surface area contributed by atoms with Crippen LogP contribution in [-0.2, 0) is 0 Å². The molecule has 0 bridgehead atoms. The number of aryl methyl sites for hydroxylation is 1. The van der Waals surface area contributed by atoms with Crippen LogP contribution in [0.1, 0.15) is 15.9 Å². The van der Waals surface area contributed by atoms with Gasteiger partial charge in [-0.3, -0.25) is 0 Å². The molecular formula is C24H18N4O2. The highest BCUT2D eigenvalue weighted by molar-refractivity contribution is 5.97. The van der Waals surface area contributed by atoms with E-state index in [2.05, 4.69) is 15.0 Å². The highest BCUT2D eigenvalue weighted by Crippen LogP contribution is 2.37. The van der Waals surface area contributed by atoms with Gasteiger partial charge in [0.25, 0.3) is 0 Å². The van der Waals surface area contributed by atoms with Crippen LogP contribution in [0.25, 0.3) is 44.9 Å². The number of carbonyl (C=O) groups is 1. The maximum atomic E-state index is 11.6. The standard InChI is InChI=1S/C24H18N4O2/c1-14-7-8-16(24(29)30)13-19(14)21-20(17-9-11-25-23-18(17)10-12-26-23)27-22(28-21)15-5-3-2-4-6-15/h2-13H,1H3,(H,25,26)(H,27,28)(H,29,30). The van der Waals surface area contributed by atoms with Gasteiger partial charge in [0.05, 0.1) is 17.0 Å². The van der Waals surface area contributed by atoms with Crippen LogP contribution in [0.2, 0.25) is 0 Å². The summed E-state index contributed by atoms with van der Waals surface area (Å²) in [5.41, 5.74) is 6.19. The third kappa shape index (κ3) is 2.95. The topological polar surface area (TPSA) is 94.7 Å². The van der Waals surface area contributed by atoms with E-state index >= 15 is 0 Å². The number of aromatic carboxylic acids is 1. The predicted octanol–water partition coefficient (Wildman–Crippen LogP) is 5.29. The Bertz CT molecular complexity index is 1380. The van der Waals surface area contributed by atoms with Crippen LogP contribution in [0, 0.1) is 6.92 Å². The predicted molar refractivity (Wildman–Crippen MR) is 116 cm³/mol. The quantitative estimate of drug-likeness (QED) is 0.386. The summed E-state index contributed by atoms with van der Waals surface area (Å²) in [4.78, 5) is 27.5. The largest absolute Gasteiger partial charge is 0.478 e. The summed E-state index contributed by atoms with van der Waals surface area (Å²) in [6, 6.07) is 18.9. The van der Waals surface area contributed by atoms with Crippen molar-refractivity contribution in [3.8, 4) is 33.9 Å². The fourth-order valence-electron chi connectivity index (χ4n) is 3.68. The van der Waals surface area contributed by atoms with Crippen LogP contribution in [-0.4, -0.2) is 31.0 Å². The second kappa shape index (κ2) is 7.00. The third-order valence-electron chi connectivity index (χ3n) is 5.22. The van der Waals surface area contributed by atoms with Gasteiger partial charge in [0.15, 0.2) is 0 Å². The van der Waals surface area contributed by atoms with Gasteiger partial charge in [-0.15, -0.1) is 0 Å². The first-order valence-electron chi connectivity index (χ1n) is 9.54. The molecule has 0 amide bonds. The zero-order valence-electron chi connectivity index (χ0n) is 16.2. The Morgan fingerprint density at radius 1 is 1.00 bits per heavy atom. The van der Waals surface area contributed by atoms with Gasteiger partial charge in [0, 0.05) is 34.5 Å². The van der Waals surface area contributed by atoms with E-state index in [4.69, 9.17) is 4.98 Å². The number of aromatic nitrogens is 4. The normalized spacial score (nSPS) is 11.1. The molecule has 0 aliphatic heterocycles. The number of pyridine rings is 1. The van der Waals surface area contributed by atoms with Gasteiger partial charge in [-0.25, -0.2) is 14.8 Å². The molecule has 5 rings (SSSR count). The Labute approximate surface area is 172 Å². The van der Waals surface area contributed by atoms with E-state index in [9.17, 15) is 9.90 Å². The highest BCUT2D eigenvalue weighted by Gasteiger charge is 2.20. The Hall–Kier alpha value is -4.19. The van der Waals surface area contributed by atoms with Gasteiger partial charge in [0.1, 0.15) is 11.5 Å². The van der Waals surface area contributed by atoms with Crippen molar-refractivity contribution in [2.75, 3.05) is 0 Å². The van der Waals surface area contributed by atoms with Gasteiger partial charge in [-0.05, 0) is 36.8 Å². The number of carboxylic acids is 1. The molecule has 146 valence electrons. The third-order valence-corrected chi connectivity index (χ3v) is 5.22. The van der Waals surface area contributed by atoms with E-state index in [1.807, 2.05) is 61.7 Å². The number of aromatic amines is 2. The Balaban J connectivity index is 1.80. The van der Waals surface area contributed by atoms with Crippen LogP contribution in [0.5, 0.6) is 0 Å². The zero-order chi connectivity index (χ0) is 20.7. The van der Waals surface area contributed by atoms with E-state index in [0.717, 1.165) is 44.8 Å². The summed E-state index contributed by atoms with van der Waals surface area (Å²) < 4.78 is 0. The zero-order valence-corrected chi connectivity index (χ0v) is 16.2. The molecule has 0 unspecified atom stereocenters. The smallest absolute Gasteiger partial charge is 0.335 e. The van der Waals surface area contributed by atoms with Crippen LogP contribution in [0.15, 0.2) is 73.1 Å². The summed E-state index contributed by atoms with van der Waals surface area (Å²) in [6.07, 6.45) is 3.60. The van der Waals surface area contributed by atoms with Gasteiger partial charge >= 0.3 is 5.97 Å². The molecule has 0 atom stereocenters. The molecule has 3 aromatic heterocycles. The number of nitrogens with zero attached hydrogens (tertiary/aromatic N) is 2. The molecule has 0 aliphatic carbocycles. The Morgan fingerprint density at radius 3 is 2.63 bits per heavy atom. The van der Waals surface area contributed by atoms with Crippen LogP contribution in [0.4, 0.5) is 0 Å². The summed E-state index contributed by atoms with van der Waals surface area (Å²) in [5.74, 6) is -0.241. The first-order valence-corrected chi connectivity index (χ1v) is 9.54. The number of hydrogen-bond donors (Lipinski definition) is 3. The number of H-pyrrole nitrogens is 2. The lowest BCUT2D eigenvalue weighted by Gasteiger charge is -2.08. The molecule has 6 heteroatoms. The number of rotatable bonds is 4. The SMILES string of the molecule is Cc1ccc(C(=O)O)cc1-c1nc(-c2ccccc2)[nH]c1-c1ccnc2[nH]ccc12. The van der Waals surface area contributed by atoms with Crippen LogP contribution >= 0.6 is 0 Å². The molecule has 0 aliphatic rings. The van der Waals surface area contributed by atoms with Crippen molar-refractivity contribution in [2.24, 2.45) is 0 Å². The molecule has 30 heavy (non-hydrogen) atoms. The average molecular weight is 394 g/mol. The van der Waals surface area contributed by atoms with E-state index in [1.54, 1.807) is 18.3 Å². The van der Waals surface area contributed by atoms with Crippen molar-refractivity contribution in [1.29, 1.82) is 0 Å². The van der Waals surface area contributed by atoms with E-state index in [0.29, 0.717) is 5.69 Å². The fraction of sp³-hybridized carbons (Fsp3) is 0.0417. The molecular weight excluding hydrogens is 376 g/mol. The summed E-state index contributed by atoms with van der Waals surface area (Å²) in [5, 5.41) is 10.5. The first kappa shape index (κ1) is 17.9. The van der Waals surface area contributed by atoms with Crippen molar-refractivity contribution < 1.29 is 9.90 Å². The molecule has 0 fully saturated rings. The minimum Gasteiger partial charge on any atom is -0.478 e. The Morgan fingerprint density at radius 2 is 1.83 bits per heavy atom. The van der Waals surface area contributed by atoms with Crippen molar-refractivity contribution in [3.63, 3.8) is 0 Å². The van der Waals surface area contributed by atoms with Crippen LogP contribution < -0.4 is 0 Å². The lowest BCUT2D eigenvalue weighted by molar-refractivity contribution is 0.0697. The van der Waals surface area contributed by atoms with Gasteiger partial charge < -0.3 is 15.1 Å². The lowest BCUT2D eigenvalue weighted by Crippen LogP contribution is -1.98. The first-order chi connectivity index (χ1) is 14.6. The number of fused-ring (bicyclic) bond motifs is 1. The molecule has 2 aromatic carbocycles. The monoisotopic (exact) mass is 394 g/mol. The number of imidazole rings is 1.